The molecule has 0 aromatic heterocycles. The lowest BCUT2D eigenvalue weighted by Gasteiger charge is -2.39. The Hall–Kier alpha value is -1.32. The van der Waals surface area contributed by atoms with E-state index in [9.17, 15) is 13.9 Å². The Morgan fingerprint density at radius 3 is 2.56 bits per heavy atom. The number of carboxylic acids is 1. The number of rotatable bonds is 9. The van der Waals surface area contributed by atoms with E-state index in [0.717, 1.165) is 41.1 Å². The average Bonchev–Trinajstić information content (AvgIpc) is 2.84. The predicted octanol–water partition coefficient (Wildman–Crippen LogP) is 7.18. The van der Waals surface area contributed by atoms with Gasteiger partial charge in [-0.15, -0.1) is 23.5 Å². The SMILES string of the molecule is CCCCC1(C)CN(c2ccccc2)c2cc(SC)c(CSCC(=O)O)cc2S(O)(O)C1. The molecule has 0 aliphatic carbocycles. The quantitative estimate of drug-likeness (QED) is 0.318. The van der Waals surface area contributed by atoms with Crippen LogP contribution in [0.25, 0.3) is 0 Å². The van der Waals surface area contributed by atoms with Crippen molar-refractivity contribution in [2.24, 2.45) is 5.41 Å². The van der Waals surface area contributed by atoms with E-state index >= 15 is 0 Å². The molecule has 0 bridgehead atoms. The first-order chi connectivity index (χ1) is 15.2. The van der Waals surface area contributed by atoms with Crippen molar-refractivity contribution in [3.8, 4) is 0 Å². The summed E-state index contributed by atoms with van der Waals surface area (Å²) in [7, 11) is -3.02. The summed E-state index contributed by atoms with van der Waals surface area (Å²) in [4.78, 5) is 14.8. The number of carbonyl (C=O) groups is 1. The van der Waals surface area contributed by atoms with Crippen molar-refractivity contribution < 1.29 is 19.0 Å². The molecule has 176 valence electrons. The first-order valence-corrected chi connectivity index (χ1v) is 14.9. The summed E-state index contributed by atoms with van der Waals surface area (Å²) >= 11 is 2.93. The van der Waals surface area contributed by atoms with Crippen LogP contribution in [0.3, 0.4) is 0 Å². The molecule has 1 unspecified atom stereocenters. The van der Waals surface area contributed by atoms with Gasteiger partial charge in [0.15, 0.2) is 0 Å². The first-order valence-electron chi connectivity index (χ1n) is 10.8. The lowest BCUT2D eigenvalue weighted by Crippen LogP contribution is -2.35. The summed E-state index contributed by atoms with van der Waals surface area (Å²) in [6.45, 7) is 5.03. The topological polar surface area (TPSA) is 81.0 Å². The maximum Gasteiger partial charge on any atom is 0.313 e. The van der Waals surface area contributed by atoms with E-state index in [1.165, 1.54) is 11.8 Å². The van der Waals surface area contributed by atoms with Gasteiger partial charge in [0.2, 0.25) is 0 Å². The van der Waals surface area contributed by atoms with Crippen molar-refractivity contribution >= 4 is 51.5 Å². The molecule has 3 N–H and O–H groups in total. The summed E-state index contributed by atoms with van der Waals surface area (Å²) in [6, 6.07) is 14.1. The number of hydrogen-bond acceptors (Lipinski definition) is 6. The molecule has 1 atom stereocenters. The van der Waals surface area contributed by atoms with Gasteiger partial charge < -0.3 is 10.0 Å². The molecule has 3 rings (SSSR count). The zero-order valence-corrected chi connectivity index (χ0v) is 21.4. The van der Waals surface area contributed by atoms with E-state index in [1.54, 1.807) is 11.8 Å². The number of para-hydroxylation sites is 1. The van der Waals surface area contributed by atoms with Crippen molar-refractivity contribution in [1.82, 2.24) is 0 Å². The van der Waals surface area contributed by atoms with Gasteiger partial charge in [-0.1, -0.05) is 44.9 Å². The third-order valence-electron chi connectivity index (χ3n) is 5.78. The summed E-state index contributed by atoms with van der Waals surface area (Å²) in [5.74, 6) is 0.0222. The van der Waals surface area contributed by atoms with E-state index in [1.807, 2.05) is 30.5 Å². The molecule has 32 heavy (non-hydrogen) atoms. The molecule has 0 amide bonds. The highest BCUT2D eigenvalue weighted by Gasteiger charge is 2.40. The number of hydrogen-bond donors (Lipinski definition) is 3. The highest BCUT2D eigenvalue weighted by Crippen LogP contribution is 2.60. The molecule has 8 heteroatoms. The Kier molecular flexibility index (Phi) is 8.49. The average molecular weight is 496 g/mol. The normalized spacial score (nSPS) is 21.0. The second-order valence-electron chi connectivity index (χ2n) is 8.67. The van der Waals surface area contributed by atoms with E-state index < -0.39 is 16.6 Å². The Balaban J connectivity index is 2.13. The van der Waals surface area contributed by atoms with Gasteiger partial charge in [0.1, 0.15) is 0 Å². The molecule has 0 saturated carbocycles. The third-order valence-corrected chi connectivity index (χ3v) is 9.70. The fraction of sp³-hybridized carbons (Fsp3) is 0.458. The molecule has 0 fully saturated rings. The molecule has 0 radical (unpaired) electrons. The molecule has 0 saturated heterocycles. The maximum absolute atomic E-state index is 11.4. The molecule has 1 aliphatic rings. The molecule has 1 aliphatic heterocycles. The number of aliphatic carboxylic acids is 1. The Labute approximate surface area is 201 Å². The Bertz CT molecular complexity index is 938. The maximum atomic E-state index is 11.4. The molecular weight excluding hydrogens is 462 g/mol. The zero-order valence-electron chi connectivity index (χ0n) is 18.9. The van der Waals surface area contributed by atoms with Crippen LogP contribution in [0.1, 0.15) is 38.7 Å². The van der Waals surface area contributed by atoms with Gasteiger partial charge in [-0.05, 0) is 42.5 Å². The summed E-state index contributed by atoms with van der Waals surface area (Å²) in [5.41, 5.74) is 2.58. The number of carboxylic acid groups (broad SMARTS) is 1. The van der Waals surface area contributed by atoms with E-state index in [4.69, 9.17) is 5.11 Å². The number of benzene rings is 2. The second-order valence-corrected chi connectivity index (χ2v) is 12.6. The molecule has 2 aromatic carbocycles. The van der Waals surface area contributed by atoms with Gasteiger partial charge in [-0.3, -0.25) is 13.9 Å². The molecule has 0 spiro atoms. The highest BCUT2D eigenvalue weighted by molar-refractivity contribution is 8.24. The third kappa shape index (κ3) is 5.97. The van der Waals surface area contributed by atoms with Crippen LogP contribution in [0.5, 0.6) is 0 Å². The minimum Gasteiger partial charge on any atom is -0.481 e. The minimum atomic E-state index is -3.02. The largest absolute Gasteiger partial charge is 0.481 e. The predicted molar refractivity (Wildman–Crippen MR) is 139 cm³/mol. The molecular formula is C24H33NO4S3. The van der Waals surface area contributed by atoms with Crippen LogP contribution in [0.4, 0.5) is 11.4 Å². The summed E-state index contributed by atoms with van der Waals surface area (Å²) < 4.78 is 22.8. The highest BCUT2D eigenvalue weighted by atomic mass is 32.3. The standard InChI is InChI=1S/C24H33NO4S3/c1-4-5-11-24(2)16-25(19-9-7-6-8-10-19)20-13-21(30-3)18(14-31-15-23(26)27)12-22(20)32(28,29)17-24/h6-10,12-13,28-29H,4-5,11,14-17H2,1-3H3,(H,26,27). The minimum absolute atomic E-state index is 0.0202. The van der Waals surface area contributed by atoms with E-state index in [2.05, 4.69) is 36.9 Å². The van der Waals surface area contributed by atoms with Gasteiger partial charge in [0.05, 0.1) is 16.3 Å². The van der Waals surface area contributed by atoms with E-state index in [0.29, 0.717) is 22.9 Å². The van der Waals surface area contributed by atoms with Gasteiger partial charge in [-0.25, -0.2) is 0 Å². The Morgan fingerprint density at radius 2 is 1.94 bits per heavy atom. The number of unbranched alkanes of at least 4 members (excludes halogenated alkanes) is 1. The second kappa shape index (κ2) is 10.7. The fourth-order valence-corrected chi connectivity index (χ4v) is 7.93. The molecule has 5 nitrogen and oxygen atoms in total. The van der Waals surface area contributed by atoms with Crippen LogP contribution in [0, 0.1) is 5.41 Å². The molecule has 2 aromatic rings. The van der Waals surface area contributed by atoms with Gasteiger partial charge in [-0.2, -0.15) is 10.6 Å². The van der Waals surface area contributed by atoms with Crippen molar-refractivity contribution in [3.63, 3.8) is 0 Å². The van der Waals surface area contributed by atoms with Crippen LogP contribution >= 0.6 is 34.1 Å². The number of fused-ring (bicyclic) bond motifs is 1. The number of nitrogens with zero attached hydrogens (tertiary/aromatic N) is 1. The van der Waals surface area contributed by atoms with E-state index in [-0.39, 0.29) is 11.2 Å². The monoisotopic (exact) mass is 495 g/mol. The van der Waals surface area contributed by atoms with Crippen molar-refractivity contribution in [3.05, 3.63) is 48.0 Å². The van der Waals surface area contributed by atoms with Crippen molar-refractivity contribution in [1.29, 1.82) is 0 Å². The number of anilines is 2. The van der Waals surface area contributed by atoms with Crippen molar-refractivity contribution in [2.75, 3.05) is 29.2 Å². The van der Waals surface area contributed by atoms with Gasteiger partial charge in [0.25, 0.3) is 0 Å². The first kappa shape index (κ1) is 25.3. The Morgan fingerprint density at radius 1 is 1.22 bits per heavy atom. The van der Waals surface area contributed by atoms with Crippen LogP contribution in [-0.4, -0.2) is 44.5 Å². The van der Waals surface area contributed by atoms with Gasteiger partial charge in [0, 0.05) is 34.0 Å². The van der Waals surface area contributed by atoms with Gasteiger partial charge >= 0.3 is 5.97 Å². The zero-order chi connectivity index (χ0) is 23.4. The summed E-state index contributed by atoms with van der Waals surface area (Å²) in [5, 5.41) is 9.01. The number of thioether (sulfide) groups is 2. The van der Waals surface area contributed by atoms with Crippen LogP contribution < -0.4 is 4.90 Å². The van der Waals surface area contributed by atoms with Crippen LogP contribution in [0.15, 0.2) is 52.3 Å². The van der Waals surface area contributed by atoms with Crippen LogP contribution in [0.2, 0.25) is 0 Å². The fourth-order valence-electron chi connectivity index (χ4n) is 4.28. The summed E-state index contributed by atoms with van der Waals surface area (Å²) in [6.07, 6.45) is 5.03. The lowest BCUT2D eigenvalue weighted by molar-refractivity contribution is -0.133. The lowest BCUT2D eigenvalue weighted by atomic mass is 9.86. The smallest absolute Gasteiger partial charge is 0.313 e. The van der Waals surface area contributed by atoms with Crippen molar-refractivity contribution in [2.45, 2.75) is 48.7 Å². The molecule has 1 heterocycles. The van der Waals surface area contributed by atoms with Crippen LogP contribution in [-0.2, 0) is 10.5 Å².